The molecule has 0 spiro atoms. The number of hydrogen-bond donors (Lipinski definition) is 2. The van der Waals surface area contributed by atoms with Crippen LogP contribution in [0.4, 0.5) is 0 Å². The van der Waals surface area contributed by atoms with E-state index >= 15 is 0 Å². The van der Waals surface area contributed by atoms with Crippen LogP contribution >= 0.6 is 11.9 Å². The summed E-state index contributed by atoms with van der Waals surface area (Å²) >= 11 is 1.65. The molecule has 120 valence electrons. The molecule has 2 N–H and O–H groups in total. The molecule has 0 aromatic heterocycles. The molecular formula is C17H30N2OS. The second kappa shape index (κ2) is 15.5. The van der Waals surface area contributed by atoms with Crippen molar-refractivity contribution in [2.75, 3.05) is 26.4 Å². The van der Waals surface area contributed by atoms with Gasteiger partial charge in [-0.2, -0.15) is 0 Å². The number of aldehydes is 1. The summed E-state index contributed by atoms with van der Waals surface area (Å²) < 4.78 is 3.10. The van der Waals surface area contributed by atoms with Crippen LogP contribution in [0.3, 0.4) is 0 Å². The molecule has 1 aromatic rings. The van der Waals surface area contributed by atoms with Crippen molar-refractivity contribution in [3.63, 3.8) is 0 Å². The molecule has 0 bridgehead atoms. The lowest BCUT2D eigenvalue weighted by molar-refractivity contribution is 0.112. The number of benzene rings is 1. The highest BCUT2D eigenvalue weighted by atomic mass is 32.2. The van der Waals surface area contributed by atoms with Gasteiger partial charge in [0.2, 0.25) is 0 Å². The Hall–Kier alpha value is -0.840. The molecule has 0 heterocycles. The highest BCUT2D eigenvalue weighted by Gasteiger charge is 2.07. The molecule has 0 unspecified atom stereocenters. The van der Waals surface area contributed by atoms with Gasteiger partial charge in [-0.05, 0) is 19.2 Å². The first-order chi connectivity index (χ1) is 10.2. The molecule has 0 radical (unpaired) electrons. The van der Waals surface area contributed by atoms with E-state index < -0.39 is 0 Å². The van der Waals surface area contributed by atoms with Crippen molar-refractivity contribution in [2.45, 2.75) is 32.6 Å². The SMILES string of the molecule is CC1CCCC1.CNCCNSC.O=Cc1ccccc1. The molecule has 1 aliphatic carbocycles. The smallest absolute Gasteiger partial charge is 0.150 e. The van der Waals surface area contributed by atoms with Crippen molar-refractivity contribution in [1.82, 2.24) is 10.0 Å². The van der Waals surface area contributed by atoms with Crippen LogP contribution in [0.15, 0.2) is 30.3 Å². The molecule has 21 heavy (non-hydrogen) atoms. The number of likely N-dealkylation sites (N-methyl/N-ethyl adjacent to an activating group) is 1. The molecule has 1 fully saturated rings. The maximum absolute atomic E-state index is 10.0. The quantitative estimate of drug-likeness (QED) is 0.493. The van der Waals surface area contributed by atoms with Gasteiger partial charge in [-0.15, -0.1) is 0 Å². The van der Waals surface area contributed by atoms with E-state index in [-0.39, 0.29) is 0 Å². The van der Waals surface area contributed by atoms with E-state index in [4.69, 9.17) is 0 Å². The lowest BCUT2D eigenvalue weighted by Crippen LogP contribution is -2.19. The molecule has 4 heteroatoms. The predicted molar refractivity (Wildman–Crippen MR) is 94.9 cm³/mol. The topological polar surface area (TPSA) is 41.1 Å². The van der Waals surface area contributed by atoms with Gasteiger partial charge >= 0.3 is 0 Å². The Morgan fingerprint density at radius 3 is 2.14 bits per heavy atom. The van der Waals surface area contributed by atoms with E-state index in [0.29, 0.717) is 0 Å². The molecule has 3 nitrogen and oxygen atoms in total. The molecule has 0 amide bonds. The molecule has 0 atom stereocenters. The largest absolute Gasteiger partial charge is 0.318 e. The Kier molecular flexibility index (Phi) is 14.9. The molecule has 1 saturated carbocycles. The predicted octanol–water partition coefficient (Wildman–Crippen LogP) is 3.77. The maximum Gasteiger partial charge on any atom is 0.150 e. The summed E-state index contributed by atoms with van der Waals surface area (Å²) in [7, 11) is 1.95. The van der Waals surface area contributed by atoms with Gasteiger partial charge in [-0.25, -0.2) is 0 Å². The van der Waals surface area contributed by atoms with Crippen LogP contribution < -0.4 is 10.0 Å². The molecular weight excluding hydrogens is 280 g/mol. The lowest BCUT2D eigenvalue weighted by Gasteiger charge is -1.96. The number of carbonyl (C=O) groups is 1. The van der Waals surface area contributed by atoms with Crippen LogP contribution in [0.1, 0.15) is 43.0 Å². The fourth-order valence-corrected chi connectivity index (χ4v) is 2.25. The van der Waals surface area contributed by atoms with Crippen LogP contribution in [0.25, 0.3) is 0 Å². The van der Waals surface area contributed by atoms with E-state index in [1.54, 1.807) is 24.1 Å². The zero-order valence-electron chi connectivity index (χ0n) is 13.6. The van der Waals surface area contributed by atoms with E-state index in [1.165, 1.54) is 25.7 Å². The zero-order valence-corrected chi connectivity index (χ0v) is 14.4. The van der Waals surface area contributed by atoms with Gasteiger partial charge in [0.1, 0.15) is 6.29 Å². The minimum absolute atomic E-state index is 0.729. The van der Waals surface area contributed by atoms with E-state index in [2.05, 4.69) is 17.0 Å². The molecule has 0 aliphatic heterocycles. The minimum Gasteiger partial charge on any atom is -0.318 e. The third-order valence-corrected chi connectivity index (χ3v) is 3.69. The molecule has 2 rings (SSSR count). The number of carbonyl (C=O) groups excluding carboxylic acids is 1. The normalized spacial score (nSPS) is 13.7. The average molecular weight is 311 g/mol. The number of hydrogen-bond acceptors (Lipinski definition) is 4. The van der Waals surface area contributed by atoms with Crippen LogP contribution in [0.2, 0.25) is 0 Å². The van der Waals surface area contributed by atoms with Gasteiger partial charge in [-0.3, -0.25) is 9.52 Å². The van der Waals surface area contributed by atoms with Crippen molar-refractivity contribution in [3.8, 4) is 0 Å². The Morgan fingerprint density at radius 2 is 1.81 bits per heavy atom. The Labute approximate surface area is 134 Å². The summed E-state index contributed by atoms with van der Waals surface area (Å²) in [6.07, 6.45) is 8.80. The van der Waals surface area contributed by atoms with Gasteiger partial charge in [0.05, 0.1) is 0 Å². The Bertz CT molecular complexity index is 323. The maximum atomic E-state index is 10.0. The van der Waals surface area contributed by atoms with Gasteiger partial charge in [-0.1, -0.05) is 74.9 Å². The van der Waals surface area contributed by atoms with Crippen LogP contribution in [0.5, 0.6) is 0 Å². The Balaban J connectivity index is 0.000000289. The van der Waals surface area contributed by atoms with Gasteiger partial charge < -0.3 is 5.32 Å². The third-order valence-electron chi connectivity index (χ3n) is 3.20. The average Bonchev–Trinajstić information content (AvgIpc) is 3.01. The summed E-state index contributed by atoms with van der Waals surface area (Å²) in [5.41, 5.74) is 0.729. The van der Waals surface area contributed by atoms with Crippen LogP contribution in [0, 0.1) is 5.92 Å². The fourth-order valence-electron chi connectivity index (χ4n) is 1.94. The standard InChI is InChI=1S/C7H6O.C6H12.C4H12N2S/c8-6-7-4-2-1-3-5-7;1-6-4-2-3-5-6;1-5-3-4-6-7-2/h1-6H;6H,2-5H2,1H3;5-6H,3-4H2,1-2H3. The first-order valence-corrected chi connectivity index (χ1v) is 8.87. The fraction of sp³-hybridized carbons (Fsp3) is 0.588. The third kappa shape index (κ3) is 13.9. The Morgan fingerprint density at radius 1 is 1.19 bits per heavy atom. The minimum atomic E-state index is 0.729. The summed E-state index contributed by atoms with van der Waals surface area (Å²) in [5, 5.41) is 3.03. The summed E-state index contributed by atoms with van der Waals surface area (Å²) in [4.78, 5) is 10.0. The van der Waals surface area contributed by atoms with Crippen molar-refractivity contribution in [2.24, 2.45) is 5.92 Å². The summed E-state index contributed by atoms with van der Waals surface area (Å²) in [5.74, 6) is 1.05. The van der Waals surface area contributed by atoms with Crippen LogP contribution in [-0.4, -0.2) is 32.7 Å². The van der Waals surface area contributed by atoms with E-state index in [0.717, 1.165) is 30.9 Å². The first kappa shape index (κ1) is 20.2. The van der Waals surface area contributed by atoms with Crippen molar-refractivity contribution < 1.29 is 4.79 Å². The monoisotopic (exact) mass is 310 g/mol. The van der Waals surface area contributed by atoms with Crippen molar-refractivity contribution in [1.29, 1.82) is 0 Å². The van der Waals surface area contributed by atoms with Gasteiger partial charge in [0.25, 0.3) is 0 Å². The van der Waals surface area contributed by atoms with Gasteiger partial charge in [0, 0.05) is 18.7 Å². The molecule has 0 saturated heterocycles. The number of rotatable bonds is 5. The number of nitrogens with one attached hydrogen (secondary N) is 2. The van der Waals surface area contributed by atoms with Crippen LogP contribution in [-0.2, 0) is 0 Å². The second-order valence-corrected chi connectivity index (χ2v) is 5.82. The molecule has 1 aliphatic rings. The summed E-state index contributed by atoms with van der Waals surface area (Å²) in [6, 6.07) is 9.10. The second-order valence-electron chi connectivity index (χ2n) is 5.12. The lowest BCUT2D eigenvalue weighted by atomic mass is 10.2. The first-order valence-electron chi connectivity index (χ1n) is 7.65. The van der Waals surface area contributed by atoms with Gasteiger partial charge in [0.15, 0.2) is 0 Å². The van der Waals surface area contributed by atoms with E-state index in [9.17, 15) is 4.79 Å². The zero-order chi connectivity index (χ0) is 15.8. The van der Waals surface area contributed by atoms with Crippen molar-refractivity contribution >= 4 is 18.2 Å². The molecule has 1 aromatic carbocycles. The highest BCUT2D eigenvalue weighted by Crippen LogP contribution is 2.22. The summed E-state index contributed by atoms with van der Waals surface area (Å²) in [6.45, 7) is 4.42. The van der Waals surface area contributed by atoms with Crippen molar-refractivity contribution in [3.05, 3.63) is 35.9 Å². The van der Waals surface area contributed by atoms with E-state index in [1.807, 2.05) is 31.5 Å². The highest BCUT2D eigenvalue weighted by molar-refractivity contribution is 7.96.